The molecule has 12 heteroatoms. The van der Waals surface area contributed by atoms with Gasteiger partial charge in [0, 0.05) is 45.3 Å². The molecule has 2 saturated heterocycles. The normalized spacial score (nSPS) is 22.6. The summed E-state index contributed by atoms with van der Waals surface area (Å²) in [5.41, 5.74) is 0.0121. The Morgan fingerprint density at radius 1 is 1.03 bits per heavy atom. The summed E-state index contributed by atoms with van der Waals surface area (Å²) in [6.07, 6.45) is 2.86. The van der Waals surface area contributed by atoms with E-state index in [1.807, 2.05) is 6.92 Å². The Morgan fingerprint density at radius 3 is 2.24 bits per heavy atom. The molecule has 0 bridgehead atoms. The number of piperidine rings is 1. The van der Waals surface area contributed by atoms with Gasteiger partial charge < -0.3 is 4.90 Å². The van der Waals surface area contributed by atoms with Crippen molar-refractivity contribution in [2.45, 2.75) is 24.7 Å². The Kier molecular flexibility index (Phi) is 6.18. The second-order valence-electron chi connectivity index (χ2n) is 7.67. The molecule has 1 aromatic rings. The highest BCUT2D eigenvalue weighted by Crippen LogP contribution is 2.33. The molecule has 0 spiro atoms. The lowest BCUT2D eigenvalue weighted by Gasteiger charge is -2.34. The van der Waals surface area contributed by atoms with Crippen LogP contribution in [-0.4, -0.2) is 75.9 Å². The Balaban J connectivity index is 1.87. The molecule has 1 unspecified atom stereocenters. The number of nitro groups is 1. The van der Waals surface area contributed by atoms with E-state index >= 15 is 0 Å². The number of rotatable bonds is 5. The topological polar surface area (TPSA) is 121 Å². The van der Waals surface area contributed by atoms with Crippen molar-refractivity contribution in [1.82, 2.24) is 8.61 Å². The van der Waals surface area contributed by atoms with E-state index in [2.05, 4.69) is 0 Å². The first-order valence-corrected chi connectivity index (χ1v) is 12.8. The summed E-state index contributed by atoms with van der Waals surface area (Å²) in [7, 11) is -7.12. The summed E-state index contributed by atoms with van der Waals surface area (Å²) in [5, 5.41) is 11.7. The van der Waals surface area contributed by atoms with Crippen LogP contribution in [0.1, 0.15) is 19.8 Å². The van der Waals surface area contributed by atoms with Gasteiger partial charge in [0.1, 0.15) is 5.69 Å². The molecule has 0 saturated carbocycles. The Morgan fingerprint density at radius 2 is 1.69 bits per heavy atom. The second kappa shape index (κ2) is 8.17. The molecule has 2 aliphatic heterocycles. The fourth-order valence-corrected chi connectivity index (χ4v) is 6.30. The zero-order chi connectivity index (χ0) is 21.4. The minimum absolute atomic E-state index is 0.0863. The van der Waals surface area contributed by atoms with Gasteiger partial charge in [-0.2, -0.15) is 8.61 Å². The van der Waals surface area contributed by atoms with Gasteiger partial charge in [-0.1, -0.05) is 6.92 Å². The van der Waals surface area contributed by atoms with E-state index in [4.69, 9.17) is 0 Å². The van der Waals surface area contributed by atoms with Crippen LogP contribution in [0.5, 0.6) is 0 Å². The van der Waals surface area contributed by atoms with E-state index in [-0.39, 0.29) is 29.6 Å². The van der Waals surface area contributed by atoms with Crippen LogP contribution in [0.3, 0.4) is 0 Å². The molecule has 1 atom stereocenters. The average molecular weight is 447 g/mol. The summed E-state index contributed by atoms with van der Waals surface area (Å²) in [5.74, 6) is 0.249. The zero-order valence-electron chi connectivity index (χ0n) is 16.5. The van der Waals surface area contributed by atoms with Crippen LogP contribution in [0, 0.1) is 16.0 Å². The highest BCUT2D eigenvalue weighted by Gasteiger charge is 2.32. The van der Waals surface area contributed by atoms with Crippen molar-refractivity contribution in [3.63, 3.8) is 0 Å². The molecule has 1 aromatic carbocycles. The number of anilines is 1. The molecule has 162 valence electrons. The van der Waals surface area contributed by atoms with E-state index in [1.165, 1.54) is 20.7 Å². The molecule has 0 N–H and O–H groups in total. The van der Waals surface area contributed by atoms with E-state index in [0.717, 1.165) is 25.2 Å². The summed E-state index contributed by atoms with van der Waals surface area (Å²) in [6.45, 7) is 3.85. The first-order chi connectivity index (χ1) is 13.5. The van der Waals surface area contributed by atoms with Crippen molar-refractivity contribution < 1.29 is 21.8 Å². The summed E-state index contributed by atoms with van der Waals surface area (Å²) in [6, 6.07) is 3.97. The number of benzene rings is 1. The number of nitrogens with zero attached hydrogens (tertiary/aromatic N) is 4. The van der Waals surface area contributed by atoms with E-state index in [0.29, 0.717) is 31.9 Å². The van der Waals surface area contributed by atoms with Crippen LogP contribution >= 0.6 is 0 Å². The van der Waals surface area contributed by atoms with Crippen LogP contribution in [0.25, 0.3) is 0 Å². The minimum atomic E-state index is -3.80. The van der Waals surface area contributed by atoms with Gasteiger partial charge in [-0.25, -0.2) is 16.8 Å². The Bertz CT molecular complexity index is 987. The van der Waals surface area contributed by atoms with Gasteiger partial charge >= 0.3 is 0 Å². The standard InChI is InChI=1S/C17H26N4O6S2/c1-14-4-3-7-20(13-14)29(26,27)15-5-6-16(17(12-15)21(22)23)18-8-10-19(11-9-18)28(2,24)25/h5-6,12,14H,3-4,7-11,13H2,1-2H3. The average Bonchev–Trinajstić information content (AvgIpc) is 2.67. The smallest absolute Gasteiger partial charge is 0.293 e. The summed E-state index contributed by atoms with van der Waals surface area (Å²) < 4.78 is 52.0. The molecule has 0 amide bonds. The molecular formula is C17H26N4O6S2. The van der Waals surface area contributed by atoms with Gasteiger partial charge in [0.15, 0.2) is 0 Å². The number of sulfonamides is 2. The first-order valence-electron chi connectivity index (χ1n) is 9.49. The van der Waals surface area contributed by atoms with Gasteiger partial charge in [0.05, 0.1) is 16.1 Å². The molecule has 0 aromatic heterocycles. The molecule has 10 nitrogen and oxygen atoms in total. The SMILES string of the molecule is CC1CCCN(S(=O)(=O)c2ccc(N3CCN(S(C)(=O)=O)CC3)c([N+](=O)[O-])c2)C1. The molecule has 2 heterocycles. The lowest BCUT2D eigenvalue weighted by Crippen LogP contribution is -2.48. The maximum Gasteiger partial charge on any atom is 0.293 e. The predicted octanol–water partition coefficient (Wildman–Crippen LogP) is 1.10. The van der Waals surface area contributed by atoms with E-state index < -0.39 is 25.0 Å². The molecule has 2 fully saturated rings. The van der Waals surface area contributed by atoms with Crippen molar-refractivity contribution >= 4 is 31.4 Å². The van der Waals surface area contributed by atoms with Crippen LogP contribution in [0.4, 0.5) is 11.4 Å². The van der Waals surface area contributed by atoms with Gasteiger partial charge in [0.2, 0.25) is 20.0 Å². The third-order valence-electron chi connectivity index (χ3n) is 5.45. The molecule has 0 aliphatic carbocycles. The Labute approximate surface area is 171 Å². The second-order valence-corrected chi connectivity index (χ2v) is 11.6. The van der Waals surface area contributed by atoms with Crippen molar-refractivity contribution in [2.75, 3.05) is 50.4 Å². The fourth-order valence-electron chi connectivity index (χ4n) is 3.85. The lowest BCUT2D eigenvalue weighted by atomic mass is 10.0. The summed E-state index contributed by atoms with van der Waals surface area (Å²) in [4.78, 5) is 12.7. The van der Waals surface area contributed by atoms with Crippen molar-refractivity contribution in [2.24, 2.45) is 5.92 Å². The molecular weight excluding hydrogens is 420 g/mol. The fraction of sp³-hybridized carbons (Fsp3) is 0.647. The number of piperazine rings is 1. The predicted molar refractivity (Wildman–Crippen MR) is 109 cm³/mol. The Hall–Kier alpha value is -1.76. The van der Waals surface area contributed by atoms with E-state index in [9.17, 15) is 26.9 Å². The van der Waals surface area contributed by atoms with E-state index in [1.54, 1.807) is 4.90 Å². The number of hydrogen-bond acceptors (Lipinski definition) is 7. The lowest BCUT2D eigenvalue weighted by molar-refractivity contribution is -0.384. The maximum atomic E-state index is 13.0. The third kappa shape index (κ3) is 4.71. The molecule has 3 rings (SSSR count). The summed E-state index contributed by atoms with van der Waals surface area (Å²) >= 11 is 0. The van der Waals surface area contributed by atoms with Gasteiger partial charge in [-0.15, -0.1) is 0 Å². The third-order valence-corrected chi connectivity index (χ3v) is 8.61. The van der Waals surface area contributed by atoms with Crippen molar-refractivity contribution in [1.29, 1.82) is 0 Å². The monoisotopic (exact) mass is 446 g/mol. The number of nitro benzene ring substituents is 1. The highest BCUT2D eigenvalue weighted by atomic mass is 32.2. The van der Waals surface area contributed by atoms with Gasteiger partial charge in [-0.3, -0.25) is 10.1 Å². The number of hydrogen-bond donors (Lipinski definition) is 0. The quantitative estimate of drug-likeness (QED) is 0.490. The highest BCUT2D eigenvalue weighted by molar-refractivity contribution is 7.89. The zero-order valence-corrected chi connectivity index (χ0v) is 18.2. The van der Waals surface area contributed by atoms with Gasteiger partial charge in [0.25, 0.3) is 5.69 Å². The van der Waals surface area contributed by atoms with Crippen LogP contribution in [-0.2, 0) is 20.0 Å². The van der Waals surface area contributed by atoms with Crippen LogP contribution < -0.4 is 4.90 Å². The van der Waals surface area contributed by atoms with Crippen LogP contribution in [0.2, 0.25) is 0 Å². The van der Waals surface area contributed by atoms with Crippen molar-refractivity contribution in [3.05, 3.63) is 28.3 Å². The molecule has 29 heavy (non-hydrogen) atoms. The maximum absolute atomic E-state index is 13.0. The van der Waals surface area contributed by atoms with Crippen molar-refractivity contribution in [3.8, 4) is 0 Å². The van der Waals surface area contributed by atoms with Gasteiger partial charge in [-0.05, 0) is 30.9 Å². The minimum Gasteiger partial charge on any atom is -0.363 e. The van der Waals surface area contributed by atoms with Crippen LogP contribution in [0.15, 0.2) is 23.1 Å². The first kappa shape index (κ1) is 21.9. The molecule has 2 aliphatic rings. The largest absolute Gasteiger partial charge is 0.363 e. The molecule has 0 radical (unpaired) electrons.